The Morgan fingerprint density at radius 3 is 2.57 bits per heavy atom. The standard InChI is InChI=1S/C16H10Cl2N4O/c1-9-4-11(22-7-19-20-8-22)6-14-15(9)23-16(21-14)12-3-2-10(17)5-13(12)18/h2-8H,1H3. The van der Waals surface area contributed by atoms with Crippen LogP contribution in [0.2, 0.25) is 10.0 Å². The van der Waals surface area contributed by atoms with E-state index in [0.717, 1.165) is 22.4 Å². The van der Waals surface area contributed by atoms with E-state index in [-0.39, 0.29) is 0 Å². The van der Waals surface area contributed by atoms with Gasteiger partial charge >= 0.3 is 0 Å². The molecular weight excluding hydrogens is 335 g/mol. The maximum Gasteiger partial charge on any atom is 0.228 e. The number of hydrogen-bond donors (Lipinski definition) is 0. The highest BCUT2D eigenvalue weighted by molar-refractivity contribution is 6.36. The molecule has 2 heterocycles. The summed E-state index contributed by atoms with van der Waals surface area (Å²) in [5.74, 6) is 0.464. The van der Waals surface area contributed by atoms with Crippen LogP contribution in [-0.2, 0) is 0 Å². The van der Waals surface area contributed by atoms with Crippen molar-refractivity contribution in [2.45, 2.75) is 6.92 Å². The largest absolute Gasteiger partial charge is 0.436 e. The SMILES string of the molecule is Cc1cc(-n2cnnc2)cc2nc(-c3ccc(Cl)cc3Cl)oc12. The molecule has 0 atom stereocenters. The van der Waals surface area contributed by atoms with E-state index >= 15 is 0 Å². The highest BCUT2D eigenvalue weighted by Gasteiger charge is 2.14. The van der Waals surface area contributed by atoms with Crippen LogP contribution < -0.4 is 0 Å². The highest BCUT2D eigenvalue weighted by atomic mass is 35.5. The molecule has 0 saturated carbocycles. The second kappa shape index (κ2) is 5.37. The Morgan fingerprint density at radius 2 is 1.83 bits per heavy atom. The third kappa shape index (κ3) is 2.48. The Bertz CT molecular complexity index is 1010. The van der Waals surface area contributed by atoms with Crippen LogP contribution in [0.5, 0.6) is 0 Å². The molecule has 0 bridgehead atoms. The number of aromatic nitrogens is 4. The average Bonchev–Trinajstić information content (AvgIpc) is 3.16. The molecule has 0 spiro atoms. The van der Waals surface area contributed by atoms with Gasteiger partial charge in [0.15, 0.2) is 5.58 Å². The van der Waals surface area contributed by atoms with Crippen LogP contribution in [0.15, 0.2) is 47.4 Å². The fourth-order valence-electron chi connectivity index (χ4n) is 2.44. The third-order valence-corrected chi connectivity index (χ3v) is 4.09. The number of benzene rings is 2. The fraction of sp³-hybridized carbons (Fsp3) is 0.0625. The summed E-state index contributed by atoms with van der Waals surface area (Å²) < 4.78 is 7.71. The molecule has 2 aromatic heterocycles. The van der Waals surface area contributed by atoms with Crippen LogP contribution >= 0.6 is 23.2 Å². The topological polar surface area (TPSA) is 56.7 Å². The minimum atomic E-state index is 0.464. The van der Waals surface area contributed by atoms with Gasteiger partial charge in [0.05, 0.1) is 16.3 Å². The zero-order valence-electron chi connectivity index (χ0n) is 12.0. The third-order valence-electron chi connectivity index (χ3n) is 3.54. The summed E-state index contributed by atoms with van der Waals surface area (Å²) in [5, 5.41) is 8.71. The number of hydrogen-bond acceptors (Lipinski definition) is 4. The molecule has 7 heteroatoms. The van der Waals surface area contributed by atoms with Crippen LogP contribution in [0.25, 0.3) is 28.2 Å². The maximum absolute atomic E-state index is 6.24. The molecular formula is C16H10Cl2N4O. The second-order valence-electron chi connectivity index (χ2n) is 5.12. The fourth-order valence-corrected chi connectivity index (χ4v) is 2.93. The lowest BCUT2D eigenvalue weighted by molar-refractivity contribution is 0.617. The van der Waals surface area contributed by atoms with Gasteiger partial charge in [0, 0.05) is 5.02 Å². The summed E-state index contributed by atoms with van der Waals surface area (Å²) in [7, 11) is 0. The average molecular weight is 345 g/mol. The van der Waals surface area contributed by atoms with Crippen molar-refractivity contribution in [3.05, 3.63) is 58.6 Å². The van der Waals surface area contributed by atoms with Gasteiger partial charge in [0.25, 0.3) is 0 Å². The van der Waals surface area contributed by atoms with Crippen molar-refractivity contribution in [1.82, 2.24) is 19.7 Å². The molecule has 2 aromatic carbocycles. The van der Waals surface area contributed by atoms with Crippen LogP contribution in [0.1, 0.15) is 5.56 Å². The molecule has 0 amide bonds. The van der Waals surface area contributed by atoms with E-state index in [2.05, 4.69) is 15.2 Å². The summed E-state index contributed by atoms with van der Waals surface area (Å²) in [5.41, 5.74) is 4.06. The molecule has 0 fully saturated rings. The summed E-state index contributed by atoms with van der Waals surface area (Å²) in [6.45, 7) is 1.97. The van der Waals surface area contributed by atoms with Gasteiger partial charge in [-0.25, -0.2) is 4.98 Å². The van der Waals surface area contributed by atoms with Crippen LogP contribution in [0.3, 0.4) is 0 Å². The van der Waals surface area contributed by atoms with Crippen LogP contribution in [0, 0.1) is 6.92 Å². The Balaban J connectivity index is 1.89. The minimum absolute atomic E-state index is 0.464. The normalized spacial score (nSPS) is 11.3. The van der Waals surface area contributed by atoms with Crippen LogP contribution in [0.4, 0.5) is 0 Å². The van der Waals surface area contributed by atoms with Gasteiger partial charge in [-0.3, -0.25) is 4.57 Å². The van der Waals surface area contributed by atoms with E-state index in [1.807, 2.05) is 23.6 Å². The minimum Gasteiger partial charge on any atom is -0.436 e. The zero-order chi connectivity index (χ0) is 16.0. The van der Waals surface area contributed by atoms with Gasteiger partial charge in [-0.1, -0.05) is 23.2 Å². The predicted molar refractivity (Wildman–Crippen MR) is 89.1 cm³/mol. The Kier molecular flexibility index (Phi) is 3.32. The number of halogens is 2. The summed E-state index contributed by atoms with van der Waals surface area (Å²) in [6.07, 6.45) is 3.27. The van der Waals surface area contributed by atoms with Gasteiger partial charge in [-0.05, 0) is 42.8 Å². The molecule has 4 rings (SSSR count). The molecule has 0 aliphatic heterocycles. The highest BCUT2D eigenvalue weighted by Crippen LogP contribution is 2.33. The molecule has 0 aliphatic rings. The molecule has 0 aliphatic carbocycles. The molecule has 0 radical (unpaired) electrons. The lowest BCUT2D eigenvalue weighted by atomic mass is 10.2. The van der Waals surface area contributed by atoms with Gasteiger partial charge < -0.3 is 4.42 Å². The number of oxazole rings is 1. The van der Waals surface area contributed by atoms with Crippen LogP contribution in [-0.4, -0.2) is 19.7 Å². The molecule has 5 nitrogen and oxygen atoms in total. The van der Waals surface area contributed by atoms with Crippen molar-refractivity contribution in [3.8, 4) is 17.1 Å². The first kappa shape index (κ1) is 14.2. The van der Waals surface area contributed by atoms with E-state index < -0.39 is 0 Å². The lowest BCUT2D eigenvalue weighted by Gasteiger charge is -2.02. The maximum atomic E-state index is 6.24. The molecule has 0 saturated heterocycles. The molecule has 114 valence electrons. The molecule has 4 aromatic rings. The first-order valence-electron chi connectivity index (χ1n) is 6.83. The van der Waals surface area contributed by atoms with Crippen molar-refractivity contribution in [1.29, 1.82) is 0 Å². The monoisotopic (exact) mass is 344 g/mol. The van der Waals surface area contributed by atoms with E-state index in [4.69, 9.17) is 27.6 Å². The smallest absolute Gasteiger partial charge is 0.228 e. The summed E-state index contributed by atoms with van der Waals surface area (Å²) >= 11 is 12.2. The van der Waals surface area contributed by atoms with Gasteiger partial charge in [-0.2, -0.15) is 0 Å². The molecule has 0 N–H and O–H groups in total. The van der Waals surface area contributed by atoms with E-state index in [9.17, 15) is 0 Å². The Morgan fingerprint density at radius 1 is 1.04 bits per heavy atom. The van der Waals surface area contributed by atoms with E-state index in [1.54, 1.807) is 30.9 Å². The van der Waals surface area contributed by atoms with Crippen molar-refractivity contribution in [2.24, 2.45) is 0 Å². The first-order chi connectivity index (χ1) is 11.1. The van der Waals surface area contributed by atoms with Crippen molar-refractivity contribution in [2.75, 3.05) is 0 Å². The summed E-state index contributed by atoms with van der Waals surface area (Å²) in [6, 6.07) is 9.13. The summed E-state index contributed by atoms with van der Waals surface area (Å²) in [4.78, 5) is 4.56. The molecule has 23 heavy (non-hydrogen) atoms. The van der Waals surface area contributed by atoms with Gasteiger partial charge in [0.1, 0.15) is 18.2 Å². The van der Waals surface area contributed by atoms with E-state index in [1.165, 1.54) is 0 Å². The lowest BCUT2D eigenvalue weighted by Crippen LogP contribution is -1.91. The number of nitrogens with zero attached hydrogens (tertiary/aromatic N) is 4. The molecule has 0 unspecified atom stereocenters. The van der Waals surface area contributed by atoms with Crippen molar-refractivity contribution >= 4 is 34.3 Å². The quantitative estimate of drug-likeness (QED) is 0.529. The second-order valence-corrected chi connectivity index (χ2v) is 5.97. The zero-order valence-corrected chi connectivity index (χ0v) is 13.5. The number of fused-ring (bicyclic) bond motifs is 1. The number of rotatable bonds is 2. The predicted octanol–water partition coefficient (Wildman–Crippen LogP) is 4.69. The number of aryl methyl sites for hydroxylation is 1. The van der Waals surface area contributed by atoms with Crippen molar-refractivity contribution in [3.63, 3.8) is 0 Å². The van der Waals surface area contributed by atoms with Gasteiger partial charge in [0.2, 0.25) is 5.89 Å². The first-order valence-corrected chi connectivity index (χ1v) is 7.59. The Hall–Kier alpha value is -2.37. The van der Waals surface area contributed by atoms with Crippen molar-refractivity contribution < 1.29 is 4.42 Å². The van der Waals surface area contributed by atoms with E-state index in [0.29, 0.717) is 21.5 Å². The Labute approximate surface area is 141 Å². The van der Waals surface area contributed by atoms with Gasteiger partial charge in [-0.15, -0.1) is 10.2 Å².